The monoisotopic (exact) mass is 184 g/mol. The predicted octanol–water partition coefficient (Wildman–Crippen LogP) is -1.40. The number of carbonyl (C=O) groups is 1. The van der Waals surface area contributed by atoms with Crippen LogP contribution in [0.1, 0.15) is 18.8 Å². The van der Waals surface area contributed by atoms with Crippen LogP contribution < -0.4 is 10.6 Å². The Morgan fingerprint density at radius 3 is 3.00 bits per heavy atom. The van der Waals surface area contributed by atoms with Crippen LogP contribution in [-0.2, 0) is 4.79 Å². The Morgan fingerprint density at radius 1 is 1.69 bits per heavy atom. The molecule has 72 valence electrons. The number of nitrogens with one attached hydrogen (secondary N) is 3. The molecule has 0 aliphatic heterocycles. The first-order valence-electron chi connectivity index (χ1n) is 3.91. The summed E-state index contributed by atoms with van der Waals surface area (Å²) in [6.45, 7) is 2.07. The summed E-state index contributed by atoms with van der Waals surface area (Å²) in [4.78, 5) is 11.1. The molecule has 13 heavy (non-hydrogen) atoms. The number of carbonyl (C=O) groups excluding carboxylic acids is 1. The van der Waals surface area contributed by atoms with Crippen molar-refractivity contribution < 1.29 is 4.79 Å². The summed E-state index contributed by atoms with van der Waals surface area (Å²) < 4.78 is 0. The summed E-state index contributed by atoms with van der Waals surface area (Å²) in [7, 11) is 1.71. The molecule has 0 fully saturated rings. The molecule has 0 spiro atoms. The fourth-order valence-electron chi connectivity index (χ4n) is 0.871. The Bertz CT molecular complexity index is 258. The van der Waals surface area contributed by atoms with Gasteiger partial charge in [-0.05, 0) is 14.0 Å². The second-order valence-corrected chi connectivity index (χ2v) is 2.59. The predicted molar refractivity (Wildman–Crippen MR) is 44.7 cm³/mol. The van der Waals surface area contributed by atoms with Gasteiger partial charge in [-0.3, -0.25) is 4.79 Å². The van der Waals surface area contributed by atoms with E-state index in [1.807, 2.05) is 0 Å². The Balaban J connectivity index is 2.42. The lowest BCUT2D eigenvalue weighted by Gasteiger charge is -2.08. The lowest BCUT2D eigenvalue weighted by molar-refractivity contribution is -0.120. The van der Waals surface area contributed by atoms with Gasteiger partial charge in [-0.1, -0.05) is 5.21 Å². The lowest BCUT2D eigenvalue weighted by atomic mass is 10.3. The number of likely N-dealkylation sites (N-methyl/N-ethyl adjacent to an activating group) is 1. The van der Waals surface area contributed by atoms with Gasteiger partial charge in [-0.2, -0.15) is 5.21 Å². The summed E-state index contributed by atoms with van der Waals surface area (Å²) in [5, 5.41) is 18.6. The Kier molecular flexibility index (Phi) is 3.32. The third-order valence-corrected chi connectivity index (χ3v) is 1.46. The van der Waals surface area contributed by atoms with E-state index in [4.69, 9.17) is 0 Å². The van der Waals surface area contributed by atoms with Crippen LogP contribution in [-0.4, -0.2) is 40.1 Å². The molecule has 0 bridgehead atoms. The minimum atomic E-state index is -0.223. The van der Waals surface area contributed by atoms with Crippen LogP contribution in [0.3, 0.4) is 0 Å². The first-order chi connectivity index (χ1) is 6.24. The van der Waals surface area contributed by atoms with E-state index in [1.165, 1.54) is 0 Å². The number of aromatic nitrogens is 4. The third-order valence-electron chi connectivity index (χ3n) is 1.46. The molecule has 0 aliphatic rings. The van der Waals surface area contributed by atoms with Crippen molar-refractivity contribution in [2.45, 2.75) is 13.0 Å². The zero-order chi connectivity index (χ0) is 9.68. The second kappa shape index (κ2) is 4.51. The van der Waals surface area contributed by atoms with Crippen molar-refractivity contribution in [1.29, 1.82) is 0 Å². The SMILES string of the molecule is CNCC(=O)NC(C)c1nn[nH]n1. The van der Waals surface area contributed by atoms with Gasteiger partial charge in [0.2, 0.25) is 5.91 Å². The van der Waals surface area contributed by atoms with Crippen LogP contribution in [0.2, 0.25) is 0 Å². The number of nitrogens with zero attached hydrogens (tertiary/aromatic N) is 3. The lowest BCUT2D eigenvalue weighted by Crippen LogP contribution is -2.34. The molecule has 0 radical (unpaired) electrons. The van der Waals surface area contributed by atoms with Crippen molar-refractivity contribution in [3.8, 4) is 0 Å². The van der Waals surface area contributed by atoms with E-state index in [0.29, 0.717) is 5.82 Å². The van der Waals surface area contributed by atoms with Gasteiger partial charge in [0, 0.05) is 0 Å². The van der Waals surface area contributed by atoms with Gasteiger partial charge in [-0.15, -0.1) is 10.2 Å². The molecule has 0 saturated carbocycles. The van der Waals surface area contributed by atoms with Crippen LogP contribution in [0.5, 0.6) is 0 Å². The summed E-state index contributed by atoms with van der Waals surface area (Å²) in [5.74, 6) is 0.379. The number of hydrogen-bond donors (Lipinski definition) is 3. The molecule has 1 atom stereocenters. The van der Waals surface area contributed by atoms with Crippen LogP contribution >= 0.6 is 0 Å². The largest absolute Gasteiger partial charge is 0.345 e. The number of amides is 1. The number of tetrazole rings is 1. The van der Waals surface area contributed by atoms with Crippen LogP contribution in [0.25, 0.3) is 0 Å². The van der Waals surface area contributed by atoms with Gasteiger partial charge < -0.3 is 10.6 Å². The maximum absolute atomic E-state index is 11.1. The Labute approximate surface area is 75.3 Å². The molecule has 7 heteroatoms. The number of H-pyrrole nitrogens is 1. The third kappa shape index (κ3) is 2.79. The number of aromatic amines is 1. The van der Waals surface area contributed by atoms with Gasteiger partial charge >= 0.3 is 0 Å². The summed E-state index contributed by atoms with van der Waals surface area (Å²) in [6.07, 6.45) is 0. The summed E-state index contributed by atoms with van der Waals surface area (Å²) in [5.41, 5.74) is 0. The van der Waals surface area contributed by atoms with Gasteiger partial charge in [-0.25, -0.2) is 0 Å². The van der Waals surface area contributed by atoms with E-state index in [-0.39, 0.29) is 18.5 Å². The summed E-state index contributed by atoms with van der Waals surface area (Å²) in [6, 6.07) is -0.223. The highest BCUT2D eigenvalue weighted by molar-refractivity contribution is 5.78. The molecule has 3 N–H and O–H groups in total. The van der Waals surface area contributed by atoms with Gasteiger partial charge in [0.05, 0.1) is 12.6 Å². The molecule has 0 aromatic carbocycles. The number of rotatable bonds is 4. The minimum Gasteiger partial charge on any atom is -0.345 e. The van der Waals surface area contributed by atoms with E-state index in [0.717, 1.165) is 0 Å². The molecular weight excluding hydrogens is 172 g/mol. The van der Waals surface area contributed by atoms with Gasteiger partial charge in [0.1, 0.15) is 0 Å². The Morgan fingerprint density at radius 2 is 2.46 bits per heavy atom. The van der Waals surface area contributed by atoms with Gasteiger partial charge in [0.15, 0.2) is 5.82 Å². The molecule has 0 aliphatic carbocycles. The zero-order valence-electron chi connectivity index (χ0n) is 7.53. The average molecular weight is 184 g/mol. The first kappa shape index (κ1) is 9.59. The molecule has 1 rings (SSSR count). The normalized spacial score (nSPS) is 12.5. The van der Waals surface area contributed by atoms with E-state index < -0.39 is 0 Å². The van der Waals surface area contributed by atoms with Crippen LogP contribution in [0, 0.1) is 0 Å². The van der Waals surface area contributed by atoms with Crippen molar-refractivity contribution in [2.75, 3.05) is 13.6 Å². The Hall–Kier alpha value is -1.50. The van der Waals surface area contributed by atoms with Crippen molar-refractivity contribution in [2.24, 2.45) is 0 Å². The quantitative estimate of drug-likeness (QED) is 0.534. The van der Waals surface area contributed by atoms with Crippen molar-refractivity contribution in [1.82, 2.24) is 31.3 Å². The molecule has 1 aromatic rings. The van der Waals surface area contributed by atoms with E-state index in [2.05, 4.69) is 31.3 Å². The maximum Gasteiger partial charge on any atom is 0.234 e. The molecule has 1 heterocycles. The standard InChI is InChI=1S/C6H12N6O/c1-4(6-9-11-12-10-6)8-5(13)3-7-2/h4,7H,3H2,1-2H3,(H,8,13)(H,9,10,11,12). The smallest absolute Gasteiger partial charge is 0.234 e. The van der Waals surface area contributed by atoms with Gasteiger partial charge in [0.25, 0.3) is 0 Å². The molecule has 0 saturated heterocycles. The second-order valence-electron chi connectivity index (χ2n) is 2.59. The topological polar surface area (TPSA) is 95.6 Å². The van der Waals surface area contributed by atoms with Crippen molar-refractivity contribution >= 4 is 5.91 Å². The molecule has 1 unspecified atom stereocenters. The fraction of sp³-hybridized carbons (Fsp3) is 0.667. The minimum absolute atomic E-state index is 0.0974. The van der Waals surface area contributed by atoms with E-state index >= 15 is 0 Å². The van der Waals surface area contributed by atoms with Crippen molar-refractivity contribution in [3.63, 3.8) is 0 Å². The summed E-state index contributed by atoms with van der Waals surface area (Å²) >= 11 is 0. The van der Waals surface area contributed by atoms with E-state index in [1.54, 1.807) is 14.0 Å². The molecular formula is C6H12N6O. The fourth-order valence-corrected chi connectivity index (χ4v) is 0.871. The highest BCUT2D eigenvalue weighted by atomic mass is 16.1. The molecule has 1 aromatic heterocycles. The highest BCUT2D eigenvalue weighted by Gasteiger charge is 2.11. The first-order valence-corrected chi connectivity index (χ1v) is 3.91. The number of hydrogen-bond acceptors (Lipinski definition) is 5. The maximum atomic E-state index is 11.1. The highest BCUT2D eigenvalue weighted by Crippen LogP contribution is 2.01. The zero-order valence-corrected chi connectivity index (χ0v) is 7.53. The van der Waals surface area contributed by atoms with E-state index in [9.17, 15) is 4.79 Å². The average Bonchev–Trinajstić information content (AvgIpc) is 2.55. The van der Waals surface area contributed by atoms with Crippen LogP contribution in [0.4, 0.5) is 0 Å². The molecule has 1 amide bonds. The van der Waals surface area contributed by atoms with Crippen molar-refractivity contribution in [3.05, 3.63) is 5.82 Å². The molecule has 7 nitrogen and oxygen atoms in total. The van der Waals surface area contributed by atoms with Crippen LogP contribution in [0.15, 0.2) is 0 Å².